The van der Waals surface area contributed by atoms with Gasteiger partial charge in [0.05, 0.1) is 25.7 Å². The van der Waals surface area contributed by atoms with Crippen molar-refractivity contribution in [3.05, 3.63) is 29.8 Å². The Morgan fingerprint density at radius 2 is 2.10 bits per heavy atom. The zero-order chi connectivity index (χ0) is 15.4. The number of nitrogens with zero attached hydrogens (tertiary/aromatic N) is 1. The molecule has 0 saturated carbocycles. The predicted octanol–water partition coefficient (Wildman–Crippen LogP) is 1.32. The number of hydrogen-bond acceptors (Lipinski definition) is 4. The maximum atomic E-state index is 12.1. The van der Waals surface area contributed by atoms with Gasteiger partial charge in [-0.3, -0.25) is 9.59 Å². The molecule has 1 N–H and O–H groups in total. The molecule has 0 unspecified atom stereocenters. The molecule has 1 heterocycles. The molecule has 1 fully saturated rings. The molecule has 1 amide bonds. The standard InChI is InChI=1S/C15H19NO5/c1-20-8-7-16-13(17)9-11(15(18)19)14(16)10-5-3-4-6-12(10)21-2/h3-6,11,14H,7-9H2,1-2H3,(H,18,19)/t11-,14-/m0/s1. The molecule has 6 heteroatoms. The van der Waals surface area contributed by atoms with Crippen LogP contribution in [0.1, 0.15) is 18.0 Å². The van der Waals surface area contributed by atoms with E-state index in [1.807, 2.05) is 12.1 Å². The molecule has 1 aromatic rings. The zero-order valence-electron chi connectivity index (χ0n) is 12.1. The lowest BCUT2D eigenvalue weighted by Gasteiger charge is -2.28. The van der Waals surface area contributed by atoms with Crippen LogP contribution < -0.4 is 4.74 Å². The Morgan fingerprint density at radius 3 is 2.71 bits per heavy atom. The highest BCUT2D eigenvalue weighted by Gasteiger charge is 2.45. The monoisotopic (exact) mass is 293 g/mol. The summed E-state index contributed by atoms with van der Waals surface area (Å²) in [5, 5.41) is 9.42. The van der Waals surface area contributed by atoms with Gasteiger partial charge in [0, 0.05) is 25.6 Å². The van der Waals surface area contributed by atoms with E-state index in [0.717, 1.165) is 0 Å². The fourth-order valence-corrected chi connectivity index (χ4v) is 2.76. The largest absolute Gasteiger partial charge is 0.496 e. The van der Waals surface area contributed by atoms with Gasteiger partial charge in [0.15, 0.2) is 0 Å². The number of ether oxygens (including phenoxy) is 2. The van der Waals surface area contributed by atoms with E-state index < -0.39 is 17.9 Å². The Hall–Kier alpha value is -2.08. The molecule has 1 aliphatic heterocycles. The molecule has 0 spiro atoms. The van der Waals surface area contributed by atoms with E-state index in [1.54, 1.807) is 24.1 Å². The molecule has 1 saturated heterocycles. The number of aliphatic carboxylic acids is 1. The molecule has 114 valence electrons. The molecule has 0 radical (unpaired) electrons. The Labute approximate surface area is 123 Å². The van der Waals surface area contributed by atoms with Crippen LogP contribution in [0.4, 0.5) is 0 Å². The first kappa shape index (κ1) is 15.3. The van der Waals surface area contributed by atoms with Crippen LogP contribution in [0.25, 0.3) is 0 Å². The zero-order valence-corrected chi connectivity index (χ0v) is 12.1. The highest BCUT2D eigenvalue weighted by molar-refractivity contribution is 5.87. The highest BCUT2D eigenvalue weighted by Crippen LogP contribution is 2.41. The minimum atomic E-state index is -0.973. The molecule has 0 aromatic heterocycles. The van der Waals surface area contributed by atoms with E-state index in [-0.39, 0.29) is 12.3 Å². The first-order valence-electron chi connectivity index (χ1n) is 6.74. The minimum absolute atomic E-state index is 0.00175. The number of carboxylic acids is 1. The number of carbonyl (C=O) groups is 2. The van der Waals surface area contributed by atoms with Crippen molar-refractivity contribution >= 4 is 11.9 Å². The van der Waals surface area contributed by atoms with Gasteiger partial charge in [0.25, 0.3) is 0 Å². The molecule has 1 aromatic carbocycles. The molecular weight excluding hydrogens is 274 g/mol. The smallest absolute Gasteiger partial charge is 0.309 e. The van der Waals surface area contributed by atoms with Crippen molar-refractivity contribution in [2.75, 3.05) is 27.4 Å². The number of rotatable bonds is 6. The quantitative estimate of drug-likeness (QED) is 0.856. The van der Waals surface area contributed by atoms with Crippen molar-refractivity contribution in [1.82, 2.24) is 4.90 Å². The van der Waals surface area contributed by atoms with Crippen LogP contribution in [0.5, 0.6) is 5.75 Å². The summed E-state index contributed by atoms with van der Waals surface area (Å²) in [6.45, 7) is 0.728. The molecule has 0 aliphatic carbocycles. The molecule has 0 bridgehead atoms. The van der Waals surface area contributed by atoms with Crippen molar-refractivity contribution in [2.45, 2.75) is 12.5 Å². The second kappa shape index (κ2) is 6.58. The summed E-state index contributed by atoms with van der Waals surface area (Å²) in [5.41, 5.74) is 0.717. The van der Waals surface area contributed by atoms with Gasteiger partial charge in [-0.05, 0) is 6.07 Å². The lowest BCUT2D eigenvalue weighted by molar-refractivity contribution is -0.142. The summed E-state index contributed by atoms with van der Waals surface area (Å²) in [6, 6.07) is 6.67. The lowest BCUT2D eigenvalue weighted by atomic mass is 9.93. The van der Waals surface area contributed by atoms with Crippen LogP contribution in [0.15, 0.2) is 24.3 Å². The van der Waals surface area contributed by atoms with Gasteiger partial charge in [0.2, 0.25) is 5.91 Å². The van der Waals surface area contributed by atoms with Crippen molar-refractivity contribution in [1.29, 1.82) is 0 Å². The summed E-state index contributed by atoms with van der Waals surface area (Å²) in [7, 11) is 3.08. The van der Waals surface area contributed by atoms with Crippen molar-refractivity contribution in [3.63, 3.8) is 0 Å². The summed E-state index contributed by atoms with van der Waals surface area (Å²) >= 11 is 0. The van der Waals surface area contributed by atoms with E-state index in [4.69, 9.17) is 9.47 Å². The maximum absolute atomic E-state index is 12.1. The molecule has 21 heavy (non-hydrogen) atoms. The lowest BCUT2D eigenvalue weighted by Crippen LogP contribution is -2.33. The second-order valence-corrected chi connectivity index (χ2v) is 4.92. The maximum Gasteiger partial charge on any atom is 0.309 e. The number of methoxy groups -OCH3 is 2. The third kappa shape index (κ3) is 3.00. The minimum Gasteiger partial charge on any atom is -0.496 e. The topological polar surface area (TPSA) is 76.1 Å². The average Bonchev–Trinajstić information content (AvgIpc) is 2.82. The summed E-state index contributed by atoms with van der Waals surface area (Å²) in [5.74, 6) is -1.33. The summed E-state index contributed by atoms with van der Waals surface area (Å²) in [6.07, 6.45) is 0.00175. The van der Waals surface area contributed by atoms with Crippen LogP contribution in [-0.2, 0) is 14.3 Å². The highest BCUT2D eigenvalue weighted by atomic mass is 16.5. The van der Waals surface area contributed by atoms with Crippen LogP contribution in [0, 0.1) is 5.92 Å². The first-order chi connectivity index (χ1) is 10.1. The average molecular weight is 293 g/mol. The van der Waals surface area contributed by atoms with E-state index in [2.05, 4.69) is 0 Å². The van der Waals surface area contributed by atoms with E-state index in [9.17, 15) is 14.7 Å². The summed E-state index contributed by atoms with van der Waals surface area (Å²) < 4.78 is 10.3. The molecule has 2 rings (SSSR count). The Kier molecular flexibility index (Phi) is 4.80. The van der Waals surface area contributed by atoms with Crippen LogP contribution in [0.2, 0.25) is 0 Å². The van der Waals surface area contributed by atoms with Gasteiger partial charge in [-0.15, -0.1) is 0 Å². The number of para-hydroxylation sites is 1. The van der Waals surface area contributed by atoms with Gasteiger partial charge >= 0.3 is 5.97 Å². The normalized spacial score (nSPS) is 21.6. The van der Waals surface area contributed by atoms with Gasteiger partial charge in [-0.25, -0.2) is 0 Å². The summed E-state index contributed by atoms with van der Waals surface area (Å²) in [4.78, 5) is 25.2. The van der Waals surface area contributed by atoms with Gasteiger partial charge in [0.1, 0.15) is 5.75 Å². The number of carboxylic acid groups (broad SMARTS) is 1. The Bertz CT molecular complexity index is 531. The van der Waals surface area contributed by atoms with Crippen LogP contribution in [0.3, 0.4) is 0 Å². The Balaban J connectivity index is 2.41. The fraction of sp³-hybridized carbons (Fsp3) is 0.467. The number of hydrogen-bond donors (Lipinski definition) is 1. The number of likely N-dealkylation sites (tertiary alicyclic amines) is 1. The van der Waals surface area contributed by atoms with Gasteiger partial charge in [-0.1, -0.05) is 18.2 Å². The van der Waals surface area contributed by atoms with E-state index in [1.165, 1.54) is 7.11 Å². The fourth-order valence-electron chi connectivity index (χ4n) is 2.76. The molecular formula is C15H19NO5. The van der Waals surface area contributed by atoms with Crippen LogP contribution >= 0.6 is 0 Å². The number of benzene rings is 1. The van der Waals surface area contributed by atoms with E-state index >= 15 is 0 Å². The Morgan fingerprint density at radius 1 is 1.38 bits per heavy atom. The predicted molar refractivity (Wildman–Crippen MR) is 75.1 cm³/mol. The molecule has 1 aliphatic rings. The third-order valence-electron chi connectivity index (χ3n) is 3.74. The first-order valence-corrected chi connectivity index (χ1v) is 6.74. The molecule has 6 nitrogen and oxygen atoms in total. The second-order valence-electron chi connectivity index (χ2n) is 4.92. The van der Waals surface area contributed by atoms with Crippen molar-refractivity contribution in [3.8, 4) is 5.75 Å². The molecule has 2 atom stereocenters. The third-order valence-corrected chi connectivity index (χ3v) is 3.74. The van der Waals surface area contributed by atoms with Crippen LogP contribution in [-0.4, -0.2) is 49.3 Å². The van der Waals surface area contributed by atoms with E-state index in [0.29, 0.717) is 24.5 Å². The SMILES string of the molecule is COCCN1C(=O)C[C@H](C(=O)O)[C@@H]1c1ccccc1OC. The van der Waals surface area contributed by atoms with Gasteiger partial charge < -0.3 is 19.5 Å². The van der Waals surface area contributed by atoms with Crippen molar-refractivity contribution < 1.29 is 24.2 Å². The van der Waals surface area contributed by atoms with Gasteiger partial charge in [-0.2, -0.15) is 0 Å². The number of carbonyl (C=O) groups excluding carboxylic acids is 1. The number of amides is 1. The van der Waals surface area contributed by atoms with Crippen molar-refractivity contribution in [2.24, 2.45) is 5.92 Å².